The molecule has 1 atom stereocenters. The quantitative estimate of drug-likeness (QED) is 0.465. The second-order valence-corrected chi connectivity index (χ2v) is 9.29. The van der Waals surface area contributed by atoms with Crippen molar-refractivity contribution >= 4 is 50.7 Å². The molecule has 0 aliphatic carbocycles. The minimum Gasteiger partial charge on any atom is -0.393 e. The van der Waals surface area contributed by atoms with Crippen molar-refractivity contribution in [1.29, 1.82) is 0 Å². The van der Waals surface area contributed by atoms with Crippen molar-refractivity contribution < 1.29 is 9.84 Å². The van der Waals surface area contributed by atoms with Crippen LogP contribution in [0.5, 0.6) is 0 Å². The highest BCUT2D eigenvalue weighted by Gasteiger charge is 2.22. The summed E-state index contributed by atoms with van der Waals surface area (Å²) in [5.74, 6) is 1.58. The highest BCUT2D eigenvalue weighted by Crippen LogP contribution is 2.42. The van der Waals surface area contributed by atoms with Crippen LogP contribution in [0.4, 0.5) is 5.82 Å². The summed E-state index contributed by atoms with van der Waals surface area (Å²) in [7, 11) is 0. The summed E-state index contributed by atoms with van der Waals surface area (Å²) in [6.45, 7) is 6.91. The van der Waals surface area contributed by atoms with Crippen LogP contribution in [0.25, 0.3) is 20.7 Å². The standard InChI is InChI=1S/C20H22ClN3O2S2/c1-12(25)11-27-15-5-3-4-14(10-15)17-13(2)16-18(28-17)19(23-20(21)22-16)24-6-8-26-9-7-24/h3-5,10,12,25H,6-9,11H2,1-2H3/t12-/m0/s1. The number of morpholine rings is 1. The number of anilines is 1. The molecular formula is C20H22ClN3O2S2. The molecule has 1 saturated heterocycles. The third kappa shape index (κ3) is 4.14. The summed E-state index contributed by atoms with van der Waals surface area (Å²) >= 11 is 9.64. The number of hydrogen-bond acceptors (Lipinski definition) is 7. The molecule has 3 heterocycles. The molecule has 148 valence electrons. The number of aliphatic hydroxyl groups excluding tert-OH is 1. The smallest absolute Gasteiger partial charge is 0.224 e. The zero-order valence-corrected chi connectivity index (χ0v) is 18.2. The van der Waals surface area contributed by atoms with E-state index in [9.17, 15) is 5.11 Å². The van der Waals surface area contributed by atoms with Crippen LogP contribution in [0, 0.1) is 6.92 Å². The van der Waals surface area contributed by atoms with Gasteiger partial charge in [0, 0.05) is 28.6 Å². The maximum Gasteiger partial charge on any atom is 0.224 e. The van der Waals surface area contributed by atoms with E-state index in [2.05, 4.69) is 46.1 Å². The van der Waals surface area contributed by atoms with E-state index in [1.807, 2.05) is 6.92 Å². The Morgan fingerprint density at radius 2 is 2.11 bits per heavy atom. The first-order chi connectivity index (χ1) is 13.5. The largest absolute Gasteiger partial charge is 0.393 e. The molecule has 3 aromatic rings. The van der Waals surface area contributed by atoms with Gasteiger partial charge in [-0.05, 0) is 48.7 Å². The van der Waals surface area contributed by atoms with Gasteiger partial charge in [0.15, 0.2) is 5.82 Å². The maximum absolute atomic E-state index is 9.56. The van der Waals surface area contributed by atoms with Crippen LogP contribution in [0.1, 0.15) is 12.5 Å². The molecule has 2 aromatic heterocycles. The molecule has 0 spiro atoms. The molecule has 4 rings (SSSR count). The molecule has 1 fully saturated rings. The highest BCUT2D eigenvalue weighted by atomic mass is 35.5. The van der Waals surface area contributed by atoms with Crippen molar-refractivity contribution in [2.24, 2.45) is 0 Å². The molecule has 8 heteroatoms. The summed E-state index contributed by atoms with van der Waals surface area (Å²) in [5, 5.41) is 9.84. The van der Waals surface area contributed by atoms with Gasteiger partial charge in [-0.25, -0.2) is 4.98 Å². The first-order valence-electron chi connectivity index (χ1n) is 9.23. The average Bonchev–Trinajstić information content (AvgIpc) is 3.03. The number of nitrogens with zero attached hydrogens (tertiary/aromatic N) is 3. The molecule has 1 aromatic carbocycles. The summed E-state index contributed by atoms with van der Waals surface area (Å²) in [6.07, 6.45) is -0.326. The third-order valence-corrected chi connectivity index (χ3v) is 7.35. The first kappa shape index (κ1) is 19.9. The number of aliphatic hydroxyl groups is 1. The minimum atomic E-state index is -0.326. The minimum absolute atomic E-state index is 0.280. The van der Waals surface area contributed by atoms with E-state index >= 15 is 0 Å². The van der Waals surface area contributed by atoms with Gasteiger partial charge in [0.05, 0.1) is 29.5 Å². The fraction of sp³-hybridized carbons (Fsp3) is 0.400. The summed E-state index contributed by atoms with van der Waals surface area (Å²) < 4.78 is 6.55. The van der Waals surface area contributed by atoms with Crippen LogP contribution < -0.4 is 4.90 Å². The van der Waals surface area contributed by atoms with E-state index in [1.165, 1.54) is 4.88 Å². The van der Waals surface area contributed by atoms with E-state index in [-0.39, 0.29) is 11.4 Å². The average molecular weight is 436 g/mol. The van der Waals surface area contributed by atoms with Crippen LogP contribution in [0.15, 0.2) is 29.2 Å². The lowest BCUT2D eigenvalue weighted by molar-refractivity contribution is 0.122. The highest BCUT2D eigenvalue weighted by molar-refractivity contribution is 7.99. The Kier molecular flexibility index (Phi) is 6.08. The molecule has 28 heavy (non-hydrogen) atoms. The lowest BCUT2D eigenvalue weighted by Crippen LogP contribution is -2.36. The monoisotopic (exact) mass is 435 g/mol. The van der Waals surface area contributed by atoms with Crippen molar-refractivity contribution in [3.05, 3.63) is 35.1 Å². The fourth-order valence-electron chi connectivity index (χ4n) is 3.26. The lowest BCUT2D eigenvalue weighted by Gasteiger charge is -2.28. The number of benzene rings is 1. The second kappa shape index (κ2) is 8.55. The van der Waals surface area contributed by atoms with E-state index in [0.29, 0.717) is 19.0 Å². The molecule has 0 amide bonds. The number of halogens is 1. The number of fused-ring (bicyclic) bond motifs is 1. The topological polar surface area (TPSA) is 58.5 Å². The fourth-order valence-corrected chi connectivity index (χ4v) is 5.50. The Hall–Kier alpha value is -1.38. The van der Waals surface area contributed by atoms with E-state index in [0.717, 1.165) is 45.1 Å². The predicted molar refractivity (Wildman–Crippen MR) is 118 cm³/mol. The van der Waals surface area contributed by atoms with Gasteiger partial charge in [-0.3, -0.25) is 0 Å². The van der Waals surface area contributed by atoms with E-state index < -0.39 is 0 Å². The van der Waals surface area contributed by atoms with Gasteiger partial charge in [-0.2, -0.15) is 4.98 Å². The Morgan fingerprint density at radius 1 is 1.32 bits per heavy atom. The van der Waals surface area contributed by atoms with Crippen molar-refractivity contribution in [1.82, 2.24) is 9.97 Å². The Morgan fingerprint density at radius 3 is 2.86 bits per heavy atom. The number of thioether (sulfide) groups is 1. The van der Waals surface area contributed by atoms with E-state index in [1.54, 1.807) is 23.1 Å². The molecule has 0 radical (unpaired) electrons. The molecule has 1 aliphatic rings. The first-order valence-corrected chi connectivity index (χ1v) is 11.4. The maximum atomic E-state index is 9.56. The summed E-state index contributed by atoms with van der Waals surface area (Å²) in [4.78, 5) is 13.6. The molecule has 0 saturated carbocycles. The molecule has 0 bridgehead atoms. The third-order valence-electron chi connectivity index (χ3n) is 4.62. The predicted octanol–water partition coefficient (Wildman–Crippen LogP) is 4.63. The number of aromatic nitrogens is 2. The Bertz CT molecular complexity index is 987. The van der Waals surface area contributed by atoms with Gasteiger partial charge >= 0.3 is 0 Å². The Balaban J connectivity index is 1.76. The lowest BCUT2D eigenvalue weighted by atomic mass is 10.1. The summed E-state index contributed by atoms with van der Waals surface area (Å²) in [6, 6.07) is 8.43. The molecule has 1 N–H and O–H groups in total. The molecule has 5 nitrogen and oxygen atoms in total. The van der Waals surface area contributed by atoms with Crippen LogP contribution in [0.2, 0.25) is 5.28 Å². The zero-order valence-electron chi connectivity index (χ0n) is 15.8. The number of rotatable bonds is 5. The van der Waals surface area contributed by atoms with Gasteiger partial charge in [0.1, 0.15) is 0 Å². The number of ether oxygens (including phenoxy) is 1. The molecular weight excluding hydrogens is 414 g/mol. The number of aryl methyl sites for hydroxylation is 1. The van der Waals surface area contributed by atoms with E-state index in [4.69, 9.17) is 16.3 Å². The molecule has 1 aliphatic heterocycles. The zero-order chi connectivity index (χ0) is 19.7. The van der Waals surface area contributed by atoms with Gasteiger partial charge in [-0.15, -0.1) is 23.1 Å². The van der Waals surface area contributed by atoms with Crippen LogP contribution in [-0.4, -0.2) is 53.2 Å². The molecule has 0 unspecified atom stereocenters. The van der Waals surface area contributed by atoms with Crippen molar-refractivity contribution in [3.8, 4) is 10.4 Å². The Labute approximate surface area is 177 Å². The van der Waals surface area contributed by atoms with Crippen LogP contribution in [-0.2, 0) is 4.74 Å². The normalized spacial score (nSPS) is 15.9. The second-order valence-electron chi connectivity index (χ2n) is 6.84. The number of hydrogen-bond donors (Lipinski definition) is 1. The van der Waals surface area contributed by atoms with Crippen molar-refractivity contribution in [3.63, 3.8) is 0 Å². The van der Waals surface area contributed by atoms with Gasteiger partial charge in [-0.1, -0.05) is 12.1 Å². The van der Waals surface area contributed by atoms with Crippen molar-refractivity contribution in [2.75, 3.05) is 37.0 Å². The SMILES string of the molecule is Cc1c(-c2cccc(SC[C@H](C)O)c2)sc2c(N3CCOCC3)nc(Cl)nc12. The van der Waals surface area contributed by atoms with Crippen LogP contribution >= 0.6 is 34.7 Å². The van der Waals surface area contributed by atoms with Crippen LogP contribution in [0.3, 0.4) is 0 Å². The van der Waals surface area contributed by atoms with Gasteiger partial charge < -0.3 is 14.7 Å². The number of thiophene rings is 1. The summed E-state index contributed by atoms with van der Waals surface area (Å²) in [5.41, 5.74) is 3.19. The van der Waals surface area contributed by atoms with Gasteiger partial charge in [0.2, 0.25) is 5.28 Å². The van der Waals surface area contributed by atoms with Gasteiger partial charge in [0.25, 0.3) is 0 Å². The van der Waals surface area contributed by atoms with Crippen molar-refractivity contribution in [2.45, 2.75) is 24.8 Å².